The quantitative estimate of drug-likeness (QED) is 0.451. The van der Waals surface area contributed by atoms with Crippen LogP contribution in [0.2, 0.25) is 0 Å². The van der Waals surface area contributed by atoms with E-state index in [1.807, 2.05) is 6.07 Å². The second-order valence-electron chi connectivity index (χ2n) is 6.09. The van der Waals surface area contributed by atoms with Crippen LogP contribution in [-0.2, 0) is 0 Å². The molecule has 1 aromatic carbocycles. The van der Waals surface area contributed by atoms with Crippen LogP contribution in [0.3, 0.4) is 0 Å². The minimum atomic E-state index is -0.652. The molecular formula is C18H19N5O5. The summed E-state index contributed by atoms with van der Waals surface area (Å²) in [4.78, 5) is 23.4. The van der Waals surface area contributed by atoms with Gasteiger partial charge < -0.3 is 9.84 Å². The van der Waals surface area contributed by atoms with E-state index in [4.69, 9.17) is 4.74 Å². The van der Waals surface area contributed by atoms with Crippen molar-refractivity contribution in [3.63, 3.8) is 0 Å². The van der Waals surface area contributed by atoms with Gasteiger partial charge in [-0.2, -0.15) is 5.26 Å². The molecule has 0 amide bonds. The van der Waals surface area contributed by atoms with Crippen LogP contribution >= 0.6 is 0 Å². The fourth-order valence-corrected chi connectivity index (χ4v) is 2.60. The fourth-order valence-electron chi connectivity index (χ4n) is 2.60. The molecule has 0 aliphatic carbocycles. The Labute approximate surface area is 160 Å². The number of azo groups is 1. The highest BCUT2D eigenvalue weighted by Crippen LogP contribution is 2.34. The fraction of sp³-hybridized carbons (Fsp3) is 0.333. The molecule has 0 radical (unpaired) electrons. The van der Waals surface area contributed by atoms with E-state index in [0.717, 1.165) is 4.57 Å². The lowest BCUT2D eigenvalue weighted by molar-refractivity contribution is -0.384. The summed E-state index contributed by atoms with van der Waals surface area (Å²) in [5.41, 5.74) is -1.21. The Morgan fingerprint density at radius 2 is 2.07 bits per heavy atom. The molecule has 28 heavy (non-hydrogen) atoms. The molecule has 0 saturated carbocycles. The first kappa shape index (κ1) is 20.6. The first-order valence-corrected chi connectivity index (χ1v) is 8.44. The van der Waals surface area contributed by atoms with Gasteiger partial charge in [-0.05, 0) is 39.8 Å². The molecule has 1 N–H and O–H groups in total. The molecule has 2 rings (SSSR count). The Kier molecular flexibility index (Phi) is 6.10. The second-order valence-corrected chi connectivity index (χ2v) is 6.09. The first-order chi connectivity index (χ1) is 13.2. The van der Waals surface area contributed by atoms with Gasteiger partial charge in [0.25, 0.3) is 11.2 Å². The molecule has 0 bridgehead atoms. The average molecular weight is 385 g/mol. The highest BCUT2D eigenvalue weighted by molar-refractivity contribution is 5.61. The predicted octanol–water partition coefficient (Wildman–Crippen LogP) is 4.04. The van der Waals surface area contributed by atoms with E-state index < -0.39 is 22.4 Å². The number of hydrogen-bond acceptors (Lipinski definition) is 8. The Morgan fingerprint density at radius 1 is 1.39 bits per heavy atom. The minimum absolute atomic E-state index is 0.0741. The number of pyridine rings is 1. The van der Waals surface area contributed by atoms with Gasteiger partial charge in [0.05, 0.1) is 17.6 Å². The molecule has 146 valence electrons. The number of hydrogen-bond donors (Lipinski definition) is 1. The molecule has 1 aromatic heterocycles. The van der Waals surface area contributed by atoms with E-state index in [-0.39, 0.29) is 28.2 Å². The minimum Gasteiger partial charge on any atom is -0.494 e. The first-order valence-electron chi connectivity index (χ1n) is 8.44. The summed E-state index contributed by atoms with van der Waals surface area (Å²) in [5, 5.41) is 38.5. The predicted molar refractivity (Wildman–Crippen MR) is 101 cm³/mol. The maximum Gasteiger partial charge on any atom is 0.300 e. The highest BCUT2D eigenvalue weighted by Gasteiger charge is 2.21. The molecule has 10 nitrogen and oxygen atoms in total. The van der Waals surface area contributed by atoms with E-state index in [0.29, 0.717) is 12.4 Å². The molecule has 0 unspecified atom stereocenters. The maximum absolute atomic E-state index is 12.7. The Morgan fingerprint density at radius 3 is 2.61 bits per heavy atom. The second kappa shape index (κ2) is 8.30. The van der Waals surface area contributed by atoms with Gasteiger partial charge >= 0.3 is 0 Å². The molecule has 0 aliphatic rings. The number of ether oxygens (including phenoxy) is 1. The van der Waals surface area contributed by atoms with Gasteiger partial charge in [-0.25, -0.2) is 0 Å². The number of nitrogens with zero attached hydrogens (tertiary/aromatic N) is 5. The Bertz CT molecular complexity index is 1050. The van der Waals surface area contributed by atoms with Gasteiger partial charge in [0.1, 0.15) is 17.4 Å². The van der Waals surface area contributed by atoms with Gasteiger partial charge in [-0.15, -0.1) is 10.2 Å². The number of benzene rings is 1. The Hall–Kier alpha value is -3.74. The van der Waals surface area contributed by atoms with Crippen LogP contribution in [0.15, 0.2) is 33.2 Å². The number of rotatable bonds is 6. The van der Waals surface area contributed by atoms with Crippen molar-refractivity contribution in [3.05, 3.63) is 49.8 Å². The molecule has 1 heterocycles. The van der Waals surface area contributed by atoms with E-state index >= 15 is 0 Å². The summed E-state index contributed by atoms with van der Waals surface area (Å²) < 4.78 is 6.26. The van der Waals surface area contributed by atoms with Crippen LogP contribution < -0.4 is 10.3 Å². The zero-order chi connectivity index (χ0) is 21.0. The van der Waals surface area contributed by atoms with Crippen molar-refractivity contribution in [2.24, 2.45) is 10.2 Å². The molecule has 10 heteroatoms. The summed E-state index contributed by atoms with van der Waals surface area (Å²) >= 11 is 0. The monoisotopic (exact) mass is 385 g/mol. The third kappa shape index (κ3) is 3.83. The van der Waals surface area contributed by atoms with Gasteiger partial charge in [0.2, 0.25) is 5.88 Å². The molecule has 0 saturated heterocycles. The molecule has 0 aliphatic heterocycles. The van der Waals surface area contributed by atoms with Crippen LogP contribution in [0.5, 0.6) is 11.6 Å². The van der Waals surface area contributed by atoms with Gasteiger partial charge in [0, 0.05) is 11.6 Å². The molecular weight excluding hydrogens is 366 g/mol. The largest absolute Gasteiger partial charge is 0.494 e. The average Bonchev–Trinajstić information content (AvgIpc) is 2.62. The third-order valence-electron chi connectivity index (χ3n) is 3.94. The van der Waals surface area contributed by atoms with Crippen molar-refractivity contribution in [1.82, 2.24) is 4.57 Å². The van der Waals surface area contributed by atoms with Crippen LogP contribution in [0.1, 0.15) is 37.9 Å². The lowest BCUT2D eigenvalue weighted by Crippen LogP contribution is -2.23. The SMILES string of the molecule is CCOc1ccc(N=Nc2c(C)c(C#N)c(O)n(C(C)C)c2=O)c([N+](=O)[O-])c1. The summed E-state index contributed by atoms with van der Waals surface area (Å²) in [7, 11) is 0. The smallest absolute Gasteiger partial charge is 0.300 e. The Balaban J connectivity index is 2.65. The highest BCUT2D eigenvalue weighted by atomic mass is 16.6. The molecule has 2 aromatic rings. The lowest BCUT2D eigenvalue weighted by Gasteiger charge is -2.15. The van der Waals surface area contributed by atoms with Crippen molar-refractivity contribution in [2.45, 2.75) is 33.7 Å². The number of nitro groups is 1. The summed E-state index contributed by atoms with van der Waals surface area (Å²) in [6.07, 6.45) is 0. The maximum atomic E-state index is 12.7. The molecule has 0 fully saturated rings. The van der Waals surface area contributed by atoms with Crippen molar-refractivity contribution in [3.8, 4) is 17.7 Å². The third-order valence-corrected chi connectivity index (χ3v) is 3.94. The van der Waals surface area contributed by atoms with E-state index in [2.05, 4.69) is 10.2 Å². The number of aromatic nitrogens is 1. The molecule has 0 spiro atoms. The van der Waals surface area contributed by atoms with Crippen LogP contribution in [0.4, 0.5) is 17.1 Å². The van der Waals surface area contributed by atoms with Gasteiger partial charge in [-0.3, -0.25) is 19.5 Å². The standard InChI is InChI=1S/C18H19N5O5/c1-5-28-12-6-7-14(15(8-12)23(26)27)20-21-16-11(4)13(9-19)17(24)22(10(2)3)18(16)25/h6-8,10,24H,5H2,1-4H3. The zero-order valence-electron chi connectivity index (χ0n) is 15.8. The van der Waals surface area contributed by atoms with Crippen LogP contribution in [0.25, 0.3) is 0 Å². The summed E-state index contributed by atoms with van der Waals surface area (Å²) in [5.74, 6) is -0.145. The topological polar surface area (TPSA) is 143 Å². The normalized spacial score (nSPS) is 11.0. The van der Waals surface area contributed by atoms with E-state index in [1.54, 1.807) is 20.8 Å². The summed E-state index contributed by atoms with van der Waals surface area (Å²) in [6, 6.07) is 5.48. The number of aromatic hydroxyl groups is 1. The number of nitriles is 1. The van der Waals surface area contributed by atoms with Crippen LogP contribution in [0, 0.1) is 28.4 Å². The van der Waals surface area contributed by atoms with Crippen molar-refractivity contribution in [1.29, 1.82) is 5.26 Å². The van der Waals surface area contributed by atoms with Crippen LogP contribution in [-0.4, -0.2) is 21.2 Å². The van der Waals surface area contributed by atoms with Crippen molar-refractivity contribution < 1.29 is 14.8 Å². The lowest BCUT2D eigenvalue weighted by atomic mass is 10.1. The summed E-state index contributed by atoms with van der Waals surface area (Å²) in [6.45, 7) is 6.87. The molecule has 0 atom stereocenters. The van der Waals surface area contributed by atoms with Crippen molar-refractivity contribution >= 4 is 17.1 Å². The van der Waals surface area contributed by atoms with Gasteiger partial charge in [0.15, 0.2) is 11.4 Å². The number of nitro benzene ring substituents is 1. The van der Waals surface area contributed by atoms with Crippen molar-refractivity contribution in [2.75, 3.05) is 6.61 Å². The van der Waals surface area contributed by atoms with E-state index in [9.17, 15) is 25.3 Å². The van der Waals surface area contributed by atoms with Gasteiger partial charge in [-0.1, -0.05) is 0 Å². The van der Waals surface area contributed by atoms with E-state index in [1.165, 1.54) is 25.1 Å². The zero-order valence-corrected chi connectivity index (χ0v) is 15.8.